The number of nitrogens with zero attached hydrogens (tertiary/aromatic N) is 1. The highest BCUT2D eigenvalue weighted by molar-refractivity contribution is 7.36. The molecule has 0 bridgehead atoms. The SMILES string of the molecule is C1=NCCPN1. The molecule has 1 atom stereocenters. The van der Waals surface area contributed by atoms with Crippen LogP contribution in [0, 0.1) is 0 Å². The molecule has 0 fully saturated rings. The van der Waals surface area contributed by atoms with E-state index in [0.717, 1.165) is 15.3 Å². The average Bonchev–Trinajstić information content (AvgIpc) is 1.72. The van der Waals surface area contributed by atoms with Crippen LogP contribution in [0.3, 0.4) is 0 Å². The van der Waals surface area contributed by atoms with E-state index < -0.39 is 0 Å². The van der Waals surface area contributed by atoms with Crippen LogP contribution in [0.2, 0.25) is 0 Å². The smallest absolute Gasteiger partial charge is 0.0854 e. The van der Waals surface area contributed by atoms with Gasteiger partial charge in [-0.1, -0.05) is 0 Å². The van der Waals surface area contributed by atoms with Crippen molar-refractivity contribution in [3.8, 4) is 0 Å². The summed E-state index contributed by atoms with van der Waals surface area (Å²) in [6, 6.07) is 0. The molecule has 6 heavy (non-hydrogen) atoms. The number of hydrogen-bond donors (Lipinski definition) is 1. The van der Waals surface area contributed by atoms with E-state index in [2.05, 4.69) is 10.1 Å². The van der Waals surface area contributed by atoms with E-state index in [9.17, 15) is 0 Å². The lowest BCUT2D eigenvalue weighted by Gasteiger charge is -2.01. The van der Waals surface area contributed by atoms with Crippen molar-refractivity contribution in [2.24, 2.45) is 4.99 Å². The maximum absolute atomic E-state index is 3.95. The molecule has 0 aromatic rings. The van der Waals surface area contributed by atoms with Gasteiger partial charge >= 0.3 is 0 Å². The topological polar surface area (TPSA) is 24.4 Å². The maximum Gasteiger partial charge on any atom is 0.0854 e. The van der Waals surface area contributed by atoms with Gasteiger partial charge in [-0.2, -0.15) is 0 Å². The minimum Gasteiger partial charge on any atom is -0.358 e. The van der Waals surface area contributed by atoms with Crippen LogP contribution in [-0.4, -0.2) is 19.0 Å². The molecule has 34 valence electrons. The van der Waals surface area contributed by atoms with Gasteiger partial charge in [0.2, 0.25) is 0 Å². The summed E-state index contributed by atoms with van der Waals surface area (Å²) in [4.78, 5) is 3.95. The Hall–Kier alpha value is -0.100. The molecular formula is C3H7N2P. The van der Waals surface area contributed by atoms with Gasteiger partial charge in [0.05, 0.1) is 6.34 Å². The van der Waals surface area contributed by atoms with E-state index in [-0.39, 0.29) is 0 Å². The molecule has 0 spiro atoms. The van der Waals surface area contributed by atoms with Crippen molar-refractivity contribution in [1.29, 1.82) is 0 Å². The van der Waals surface area contributed by atoms with Crippen molar-refractivity contribution in [2.75, 3.05) is 12.7 Å². The quantitative estimate of drug-likeness (QED) is 0.434. The molecule has 0 saturated heterocycles. The highest BCUT2D eigenvalue weighted by Gasteiger charge is 1.85. The highest BCUT2D eigenvalue weighted by atomic mass is 31.1. The Morgan fingerprint density at radius 2 is 2.83 bits per heavy atom. The van der Waals surface area contributed by atoms with Gasteiger partial charge in [-0.15, -0.1) is 0 Å². The monoisotopic (exact) mass is 102 g/mol. The van der Waals surface area contributed by atoms with Crippen LogP contribution in [0.15, 0.2) is 4.99 Å². The van der Waals surface area contributed by atoms with Crippen molar-refractivity contribution < 1.29 is 0 Å². The standard InChI is InChI=1S/C3H7N2P/c1-2-6-5-3-4-1/h3,6H,1-2H2,(H,4,5). The summed E-state index contributed by atoms with van der Waals surface area (Å²) in [5.74, 6) is 0. The summed E-state index contributed by atoms with van der Waals surface area (Å²) in [5.41, 5.74) is 0. The van der Waals surface area contributed by atoms with Crippen LogP contribution in [0.25, 0.3) is 0 Å². The second kappa shape index (κ2) is 2.14. The number of aliphatic imine (C=N–C) groups is 1. The predicted octanol–water partition coefficient (Wildman–Crippen LogP) is 0.211. The summed E-state index contributed by atoms with van der Waals surface area (Å²) >= 11 is 0. The number of hydrogen-bond acceptors (Lipinski definition) is 2. The van der Waals surface area contributed by atoms with Crippen molar-refractivity contribution in [3.05, 3.63) is 0 Å². The summed E-state index contributed by atoms with van der Waals surface area (Å²) in [7, 11) is 0.902. The highest BCUT2D eigenvalue weighted by Crippen LogP contribution is 2.02. The molecule has 0 radical (unpaired) electrons. The number of rotatable bonds is 0. The van der Waals surface area contributed by atoms with Crippen LogP contribution in [0.1, 0.15) is 0 Å². The predicted molar refractivity (Wildman–Crippen MR) is 29.7 cm³/mol. The van der Waals surface area contributed by atoms with E-state index in [0.29, 0.717) is 0 Å². The lowest BCUT2D eigenvalue weighted by molar-refractivity contribution is 1.11. The van der Waals surface area contributed by atoms with Crippen LogP contribution in [0.5, 0.6) is 0 Å². The minimum absolute atomic E-state index is 0.902. The first-order valence-corrected chi connectivity index (χ1v) is 3.17. The Balaban J connectivity index is 2.26. The molecule has 0 aromatic heterocycles. The molecule has 0 saturated carbocycles. The van der Waals surface area contributed by atoms with Crippen molar-refractivity contribution >= 4 is 15.1 Å². The second-order valence-electron chi connectivity index (χ2n) is 1.11. The molecule has 1 N–H and O–H groups in total. The molecule has 1 aliphatic rings. The first-order valence-electron chi connectivity index (χ1n) is 1.97. The first kappa shape index (κ1) is 4.07. The van der Waals surface area contributed by atoms with E-state index >= 15 is 0 Å². The molecule has 1 unspecified atom stereocenters. The Morgan fingerprint density at radius 3 is 3.00 bits per heavy atom. The molecule has 1 aliphatic heterocycles. The van der Waals surface area contributed by atoms with Crippen LogP contribution in [0.4, 0.5) is 0 Å². The van der Waals surface area contributed by atoms with Gasteiger partial charge < -0.3 is 5.09 Å². The molecule has 0 amide bonds. The molecular weight excluding hydrogens is 95.0 g/mol. The summed E-state index contributed by atoms with van der Waals surface area (Å²) in [5, 5.41) is 3.02. The van der Waals surface area contributed by atoms with Gasteiger partial charge in [-0.3, -0.25) is 4.99 Å². The summed E-state index contributed by atoms with van der Waals surface area (Å²) < 4.78 is 0. The lowest BCUT2D eigenvalue weighted by Crippen LogP contribution is -2.05. The zero-order chi connectivity index (χ0) is 4.24. The van der Waals surface area contributed by atoms with Crippen molar-refractivity contribution in [3.63, 3.8) is 0 Å². The lowest BCUT2D eigenvalue weighted by atomic mass is 10.8. The molecule has 1 rings (SSSR count). The van der Waals surface area contributed by atoms with Crippen LogP contribution in [-0.2, 0) is 0 Å². The van der Waals surface area contributed by atoms with Crippen molar-refractivity contribution in [2.45, 2.75) is 0 Å². The minimum atomic E-state index is 0.902. The fourth-order valence-corrected chi connectivity index (χ4v) is 0.916. The Kier molecular flexibility index (Phi) is 1.45. The van der Waals surface area contributed by atoms with Gasteiger partial charge in [0.1, 0.15) is 0 Å². The largest absolute Gasteiger partial charge is 0.358 e. The zero-order valence-corrected chi connectivity index (χ0v) is 4.44. The normalized spacial score (nSPS) is 24.0. The van der Waals surface area contributed by atoms with E-state index in [1.54, 1.807) is 6.34 Å². The fourth-order valence-electron chi connectivity index (χ4n) is 0.348. The third-order valence-corrected chi connectivity index (χ3v) is 1.43. The molecule has 2 nitrogen and oxygen atoms in total. The Bertz CT molecular complexity index is 53.8. The Morgan fingerprint density at radius 1 is 1.83 bits per heavy atom. The third kappa shape index (κ3) is 0.942. The van der Waals surface area contributed by atoms with Crippen LogP contribution >= 0.6 is 8.73 Å². The van der Waals surface area contributed by atoms with Gasteiger partial charge in [-0.25, -0.2) is 0 Å². The summed E-state index contributed by atoms with van der Waals surface area (Å²) in [6.07, 6.45) is 3.00. The average molecular weight is 102 g/mol. The molecule has 1 heterocycles. The Labute approximate surface area is 38.9 Å². The molecule has 3 heteroatoms. The van der Waals surface area contributed by atoms with Gasteiger partial charge in [0.15, 0.2) is 0 Å². The first-order chi connectivity index (χ1) is 3.00. The summed E-state index contributed by atoms with van der Waals surface area (Å²) in [6.45, 7) is 1.02. The van der Waals surface area contributed by atoms with E-state index in [4.69, 9.17) is 0 Å². The number of nitrogens with one attached hydrogen (secondary N) is 1. The third-order valence-electron chi connectivity index (χ3n) is 0.624. The van der Waals surface area contributed by atoms with Crippen molar-refractivity contribution in [1.82, 2.24) is 5.09 Å². The van der Waals surface area contributed by atoms with Gasteiger partial charge in [-0.05, 0) is 8.73 Å². The molecule has 0 aromatic carbocycles. The zero-order valence-electron chi connectivity index (χ0n) is 3.44. The van der Waals surface area contributed by atoms with E-state index in [1.807, 2.05) is 0 Å². The second-order valence-corrected chi connectivity index (χ2v) is 2.25. The maximum atomic E-state index is 3.95. The van der Waals surface area contributed by atoms with Gasteiger partial charge in [0.25, 0.3) is 0 Å². The fraction of sp³-hybridized carbons (Fsp3) is 0.667. The molecule has 0 aliphatic carbocycles. The van der Waals surface area contributed by atoms with Gasteiger partial charge in [0, 0.05) is 12.7 Å². The van der Waals surface area contributed by atoms with Crippen LogP contribution < -0.4 is 5.09 Å². The van der Waals surface area contributed by atoms with E-state index in [1.165, 1.54) is 6.16 Å².